The first-order valence-electron chi connectivity index (χ1n) is 15.3. The number of aliphatic carboxylic acids is 1. The SMILES string of the molecule is CC(C)C[C@H](NC(=O)[C@@H](NC(=O)[C@@H]1CCCN1)C(C)C)C(=O)N[C@H](C(=O)N1CCC[C@H]1C(=O)N[C@@H](CO)C(=O)O)C(C)C. The number of hydrogen-bond donors (Lipinski definition) is 7. The van der Waals surface area contributed by atoms with Gasteiger partial charge < -0.3 is 41.7 Å². The zero-order chi connectivity index (χ0) is 32.4. The van der Waals surface area contributed by atoms with Crippen molar-refractivity contribution in [2.45, 2.75) is 110 Å². The molecular weight excluding hydrogens is 560 g/mol. The first-order chi connectivity index (χ1) is 20.2. The highest BCUT2D eigenvalue weighted by Crippen LogP contribution is 2.21. The van der Waals surface area contributed by atoms with Gasteiger partial charge in [0.25, 0.3) is 0 Å². The number of carbonyl (C=O) groups excluding carboxylic acids is 5. The lowest BCUT2D eigenvalue weighted by molar-refractivity contribution is -0.146. The maximum atomic E-state index is 13.7. The summed E-state index contributed by atoms with van der Waals surface area (Å²) in [5.74, 6) is -4.52. The summed E-state index contributed by atoms with van der Waals surface area (Å²) in [5.41, 5.74) is 0. The number of aliphatic hydroxyl groups excluding tert-OH is 1. The van der Waals surface area contributed by atoms with Gasteiger partial charge in [0.15, 0.2) is 0 Å². The van der Waals surface area contributed by atoms with Gasteiger partial charge in [-0.2, -0.15) is 0 Å². The molecule has 5 amide bonds. The summed E-state index contributed by atoms with van der Waals surface area (Å²) in [7, 11) is 0. The van der Waals surface area contributed by atoms with Crippen LogP contribution in [0, 0.1) is 17.8 Å². The number of nitrogens with one attached hydrogen (secondary N) is 5. The summed E-state index contributed by atoms with van der Waals surface area (Å²) >= 11 is 0. The predicted molar refractivity (Wildman–Crippen MR) is 157 cm³/mol. The van der Waals surface area contributed by atoms with Crippen LogP contribution in [-0.2, 0) is 28.8 Å². The lowest BCUT2D eigenvalue weighted by Crippen LogP contribution is -2.61. The summed E-state index contributed by atoms with van der Waals surface area (Å²) < 4.78 is 0. The minimum Gasteiger partial charge on any atom is -0.480 e. The number of rotatable bonds is 15. The standard InChI is InChI=1S/C29H50N6O8/c1-15(2)13-19(31-27(40)22(16(3)4)33-24(37)18-9-7-11-30-18)25(38)34-23(17(5)6)28(41)35-12-8-10-21(35)26(39)32-20(14-36)29(42)43/h15-23,30,36H,7-14H2,1-6H3,(H,31,40)(H,32,39)(H,33,37)(H,34,38)(H,42,43)/t18-,19-,20-,21-,22-,23-/m0/s1. The number of hydrogen-bond acceptors (Lipinski definition) is 8. The fraction of sp³-hybridized carbons (Fsp3) is 0.793. The molecule has 244 valence electrons. The van der Waals surface area contributed by atoms with E-state index in [0.29, 0.717) is 19.3 Å². The van der Waals surface area contributed by atoms with E-state index < -0.39 is 66.4 Å². The third-order valence-electron chi connectivity index (χ3n) is 7.83. The van der Waals surface area contributed by atoms with E-state index in [0.717, 1.165) is 13.0 Å². The van der Waals surface area contributed by atoms with Gasteiger partial charge in [-0.05, 0) is 56.4 Å². The molecule has 2 fully saturated rings. The Morgan fingerprint density at radius 3 is 1.95 bits per heavy atom. The molecule has 0 aromatic carbocycles. The van der Waals surface area contributed by atoms with Gasteiger partial charge in [-0.1, -0.05) is 41.5 Å². The third-order valence-corrected chi connectivity index (χ3v) is 7.83. The quantitative estimate of drug-likeness (QED) is 0.123. The van der Waals surface area contributed by atoms with Crippen molar-refractivity contribution < 1.29 is 39.0 Å². The normalized spacial score (nSPS) is 21.3. The summed E-state index contributed by atoms with van der Waals surface area (Å²) in [6, 6.07) is -5.68. The molecule has 2 aliphatic heterocycles. The van der Waals surface area contributed by atoms with Crippen molar-refractivity contribution in [2.24, 2.45) is 17.8 Å². The van der Waals surface area contributed by atoms with Crippen LogP contribution in [0.4, 0.5) is 0 Å². The molecule has 43 heavy (non-hydrogen) atoms. The minimum atomic E-state index is -1.50. The number of amides is 5. The summed E-state index contributed by atoms with van der Waals surface area (Å²) in [4.78, 5) is 78.8. The molecule has 7 N–H and O–H groups in total. The Morgan fingerprint density at radius 1 is 0.791 bits per heavy atom. The summed E-state index contributed by atoms with van der Waals surface area (Å²) in [6.07, 6.45) is 2.65. The first kappa shape index (κ1) is 35.9. The monoisotopic (exact) mass is 610 g/mol. The summed E-state index contributed by atoms with van der Waals surface area (Å²) in [6.45, 7) is 11.1. The zero-order valence-corrected chi connectivity index (χ0v) is 26.1. The van der Waals surface area contributed by atoms with Crippen LogP contribution in [0.2, 0.25) is 0 Å². The van der Waals surface area contributed by atoms with Crippen molar-refractivity contribution in [1.82, 2.24) is 31.5 Å². The Labute approximate surface area is 253 Å². The van der Waals surface area contributed by atoms with E-state index in [-0.39, 0.29) is 42.7 Å². The van der Waals surface area contributed by atoms with Gasteiger partial charge in [0, 0.05) is 6.54 Å². The van der Waals surface area contributed by atoms with Gasteiger partial charge in [-0.15, -0.1) is 0 Å². The molecule has 0 bridgehead atoms. The molecule has 14 heteroatoms. The lowest BCUT2D eigenvalue weighted by Gasteiger charge is -2.32. The maximum Gasteiger partial charge on any atom is 0.328 e. The smallest absolute Gasteiger partial charge is 0.328 e. The third kappa shape index (κ3) is 10.2. The van der Waals surface area contributed by atoms with Gasteiger partial charge in [0.05, 0.1) is 12.6 Å². The number of aliphatic hydroxyl groups is 1. The highest BCUT2D eigenvalue weighted by atomic mass is 16.4. The van der Waals surface area contributed by atoms with Crippen LogP contribution in [0.5, 0.6) is 0 Å². The Kier molecular flexibility index (Phi) is 13.8. The Balaban J connectivity index is 2.17. The number of likely N-dealkylation sites (tertiary alicyclic amines) is 1. The van der Waals surface area contributed by atoms with Crippen molar-refractivity contribution >= 4 is 35.5 Å². The largest absolute Gasteiger partial charge is 0.480 e. The number of carbonyl (C=O) groups is 6. The first-order valence-corrected chi connectivity index (χ1v) is 15.3. The average molecular weight is 611 g/mol. The van der Waals surface area contributed by atoms with Crippen molar-refractivity contribution in [1.29, 1.82) is 0 Å². The Hall–Kier alpha value is -3.26. The van der Waals surface area contributed by atoms with E-state index in [9.17, 15) is 39.0 Å². The molecular formula is C29H50N6O8. The minimum absolute atomic E-state index is 0.0133. The van der Waals surface area contributed by atoms with E-state index in [1.807, 2.05) is 13.8 Å². The van der Waals surface area contributed by atoms with Crippen LogP contribution < -0.4 is 26.6 Å². The predicted octanol–water partition coefficient (Wildman–Crippen LogP) is -0.896. The number of carboxylic acids is 1. The zero-order valence-electron chi connectivity index (χ0n) is 26.1. The highest BCUT2D eigenvalue weighted by Gasteiger charge is 2.40. The van der Waals surface area contributed by atoms with Gasteiger partial charge in [0.1, 0.15) is 30.2 Å². The number of carboxylic acid groups (broad SMARTS) is 1. The molecule has 6 atom stereocenters. The Bertz CT molecular complexity index is 1010. The van der Waals surface area contributed by atoms with Gasteiger partial charge >= 0.3 is 5.97 Å². The molecule has 0 saturated carbocycles. The molecule has 0 aromatic rings. The molecule has 0 spiro atoms. The molecule has 0 unspecified atom stereocenters. The van der Waals surface area contributed by atoms with Gasteiger partial charge in [0.2, 0.25) is 29.5 Å². The summed E-state index contributed by atoms with van der Waals surface area (Å²) in [5, 5.41) is 32.2. The second kappa shape index (κ2) is 16.6. The van der Waals surface area contributed by atoms with Crippen LogP contribution in [0.1, 0.15) is 73.6 Å². The fourth-order valence-electron chi connectivity index (χ4n) is 5.36. The van der Waals surface area contributed by atoms with Gasteiger partial charge in [-0.3, -0.25) is 24.0 Å². The molecule has 2 aliphatic rings. The van der Waals surface area contributed by atoms with E-state index in [4.69, 9.17) is 0 Å². The van der Waals surface area contributed by atoms with Crippen LogP contribution in [0.3, 0.4) is 0 Å². The molecule has 0 aliphatic carbocycles. The van der Waals surface area contributed by atoms with Crippen LogP contribution >= 0.6 is 0 Å². The van der Waals surface area contributed by atoms with Crippen molar-refractivity contribution in [3.05, 3.63) is 0 Å². The highest BCUT2D eigenvalue weighted by molar-refractivity contribution is 5.96. The van der Waals surface area contributed by atoms with Crippen molar-refractivity contribution in [3.63, 3.8) is 0 Å². The van der Waals surface area contributed by atoms with Gasteiger partial charge in [-0.25, -0.2) is 4.79 Å². The van der Waals surface area contributed by atoms with Crippen LogP contribution in [-0.4, -0.2) is 107 Å². The average Bonchev–Trinajstić information content (AvgIpc) is 3.64. The molecule has 2 heterocycles. The van der Waals surface area contributed by atoms with Crippen molar-refractivity contribution in [2.75, 3.05) is 19.7 Å². The van der Waals surface area contributed by atoms with E-state index in [1.165, 1.54) is 4.90 Å². The van der Waals surface area contributed by atoms with E-state index in [2.05, 4.69) is 26.6 Å². The van der Waals surface area contributed by atoms with Crippen LogP contribution in [0.15, 0.2) is 0 Å². The molecule has 0 aromatic heterocycles. The van der Waals surface area contributed by atoms with Crippen molar-refractivity contribution in [3.8, 4) is 0 Å². The second-order valence-corrected chi connectivity index (χ2v) is 12.6. The molecule has 2 rings (SSSR count). The van der Waals surface area contributed by atoms with E-state index in [1.54, 1.807) is 27.7 Å². The second-order valence-electron chi connectivity index (χ2n) is 12.6. The Morgan fingerprint density at radius 2 is 1.44 bits per heavy atom. The molecule has 2 saturated heterocycles. The fourth-order valence-corrected chi connectivity index (χ4v) is 5.36. The maximum absolute atomic E-state index is 13.7. The number of nitrogens with zero attached hydrogens (tertiary/aromatic N) is 1. The molecule has 14 nitrogen and oxygen atoms in total. The van der Waals surface area contributed by atoms with Crippen LogP contribution in [0.25, 0.3) is 0 Å². The lowest BCUT2D eigenvalue weighted by atomic mass is 9.98. The molecule has 0 radical (unpaired) electrons. The topological polar surface area (TPSA) is 206 Å². The van der Waals surface area contributed by atoms with E-state index >= 15 is 0 Å².